The summed E-state index contributed by atoms with van der Waals surface area (Å²) in [4.78, 5) is 27.4. The third-order valence-corrected chi connectivity index (χ3v) is 5.12. The highest BCUT2D eigenvalue weighted by Crippen LogP contribution is 2.25. The summed E-state index contributed by atoms with van der Waals surface area (Å²) in [6, 6.07) is 17.4. The number of para-hydroxylation sites is 2. The average Bonchev–Trinajstić information content (AvgIpc) is 2.74. The van der Waals surface area contributed by atoms with E-state index in [1.165, 1.54) is 0 Å². The lowest BCUT2D eigenvalue weighted by molar-refractivity contribution is -0.126. The van der Waals surface area contributed by atoms with E-state index in [2.05, 4.69) is 17.6 Å². The number of carbonyl (C=O) groups is 2. The van der Waals surface area contributed by atoms with Crippen LogP contribution in [-0.4, -0.2) is 36.3 Å². The molecule has 0 radical (unpaired) electrons. The van der Waals surface area contributed by atoms with Crippen molar-refractivity contribution in [2.45, 2.75) is 32.6 Å². The third kappa shape index (κ3) is 5.12. The first-order valence-corrected chi connectivity index (χ1v) is 10.2. The van der Waals surface area contributed by atoms with Crippen LogP contribution in [0.1, 0.15) is 43.0 Å². The van der Waals surface area contributed by atoms with Gasteiger partial charge in [0.15, 0.2) is 0 Å². The third-order valence-electron chi connectivity index (χ3n) is 5.12. The minimum absolute atomic E-state index is 0.0231. The average molecular weight is 380 g/mol. The number of amides is 2. The lowest BCUT2D eigenvalue weighted by atomic mass is 9.96. The van der Waals surface area contributed by atoms with Crippen molar-refractivity contribution < 1.29 is 9.59 Å². The van der Waals surface area contributed by atoms with Crippen LogP contribution in [0.2, 0.25) is 0 Å². The summed E-state index contributed by atoms with van der Waals surface area (Å²) in [5.74, 6) is -0.0736. The maximum Gasteiger partial charge on any atom is 0.255 e. The monoisotopic (exact) mass is 379 g/mol. The van der Waals surface area contributed by atoms with Gasteiger partial charge in [-0.3, -0.25) is 9.59 Å². The Balaban J connectivity index is 1.69. The van der Waals surface area contributed by atoms with Gasteiger partial charge in [0.05, 0.1) is 17.2 Å². The zero-order chi connectivity index (χ0) is 19.8. The normalized spacial score (nSPS) is 16.5. The Morgan fingerprint density at radius 2 is 1.82 bits per heavy atom. The predicted molar refractivity (Wildman–Crippen MR) is 113 cm³/mol. The number of nitrogens with zero attached hydrogens (tertiary/aromatic N) is 1. The summed E-state index contributed by atoms with van der Waals surface area (Å²) < 4.78 is 0. The van der Waals surface area contributed by atoms with E-state index in [4.69, 9.17) is 0 Å². The maximum absolute atomic E-state index is 13.2. The number of anilines is 2. The van der Waals surface area contributed by atoms with E-state index in [1.54, 1.807) is 0 Å². The van der Waals surface area contributed by atoms with Crippen molar-refractivity contribution in [3.05, 3.63) is 60.2 Å². The highest BCUT2D eigenvalue weighted by molar-refractivity contribution is 6.00. The second-order valence-corrected chi connectivity index (χ2v) is 7.27. The number of unbranched alkanes of at least 4 members (excludes halogenated alkanes) is 1. The van der Waals surface area contributed by atoms with E-state index in [-0.39, 0.29) is 17.7 Å². The zero-order valence-corrected chi connectivity index (χ0v) is 16.5. The summed E-state index contributed by atoms with van der Waals surface area (Å²) in [6.45, 7) is 3.99. The van der Waals surface area contributed by atoms with Crippen molar-refractivity contribution in [3.8, 4) is 0 Å². The van der Waals surface area contributed by atoms with Crippen molar-refractivity contribution >= 4 is 23.2 Å². The summed E-state index contributed by atoms with van der Waals surface area (Å²) in [5, 5.41) is 6.34. The van der Waals surface area contributed by atoms with Crippen molar-refractivity contribution in [1.29, 1.82) is 0 Å². The van der Waals surface area contributed by atoms with E-state index in [1.807, 2.05) is 59.5 Å². The smallest absolute Gasteiger partial charge is 0.255 e. The molecule has 0 spiro atoms. The zero-order valence-electron chi connectivity index (χ0n) is 16.5. The molecule has 0 aromatic heterocycles. The van der Waals surface area contributed by atoms with Crippen LogP contribution in [-0.2, 0) is 4.79 Å². The number of nitrogens with one attached hydrogen (secondary N) is 2. The Morgan fingerprint density at radius 1 is 1.07 bits per heavy atom. The number of piperidine rings is 1. The molecule has 5 heteroatoms. The van der Waals surface area contributed by atoms with Crippen LogP contribution in [0.4, 0.5) is 11.4 Å². The number of carbonyl (C=O) groups excluding carboxylic acids is 2. The number of hydrogen-bond acceptors (Lipinski definition) is 3. The number of rotatable bonds is 7. The van der Waals surface area contributed by atoms with Crippen LogP contribution in [0.5, 0.6) is 0 Å². The number of hydrogen-bond donors (Lipinski definition) is 2. The Labute approximate surface area is 167 Å². The fourth-order valence-corrected chi connectivity index (χ4v) is 3.53. The van der Waals surface area contributed by atoms with E-state index < -0.39 is 0 Å². The van der Waals surface area contributed by atoms with Gasteiger partial charge in [-0.05, 0) is 43.5 Å². The number of benzene rings is 2. The molecule has 5 nitrogen and oxygen atoms in total. The first-order valence-electron chi connectivity index (χ1n) is 10.2. The van der Waals surface area contributed by atoms with Crippen molar-refractivity contribution in [1.82, 2.24) is 10.2 Å². The molecule has 1 aliphatic rings. The fourth-order valence-electron chi connectivity index (χ4n) is 3.53. The van der Waals surface area contributed by atoms with Gasteiger partial charge < -0.3 is 15.5 Å². The van der Waals surface area contributed by atoms with E-state index in [0.717, 1.165) is 37.1 Å². The second kappa shape index (κ2) is 9.93. The lowest BCUT2D eigenvalue weighted by Crippen LogP contribution is -2.45. The molecule has 28 heavy (non-hydrogen) atoms. The highest BCUT2D eigenvalue weighted by Gasteiger charge is 2.29. The highest BCUT2D eigenvalue weighted by atomic mass is 16.2. The van der Waals surface area contributed by atoms with Crippen LogP contribution in [0.15, 0.2) is 54.6 Å². The predicted octanol–water partition coefficient (Wildman–Crippen LogP) is 4.20. The van der Waals surface area contributed by atoms with Gasteiger partial charge in [-0.15, -0.1) is 0 Å². The van der Waals surface area contributed by atoms with Gasteiger partial charge in [-0.2, -0.15) is 0 Å². The number of likely N-dealkylation sites (tertiary alicyclic amines) is 1. The molecule has 2 aromatic carbocycles. The van der Waals surface area contributed by atoms with Crippen molar-refractivity contribution in [2.75, 3.05) is 25.0 Å². The van der Waals surface area contributed by atoms with Crippen molar-refractivity contribution in [2.24, 2.45) is 5.92 Å². The molecular weight excluding hydrogens is 350 g/mol. The Kier molecular flexibility index (Phi) is 7.06. The van der Waals surface area contributed by atoms with Gasteiger partial charge in [0, 0.05) is 25.3 Å². The Hall–Kier alpha value is -2.82. The minimum atomic E-state index is -0.121. The molecule has 1 unspecified atom stereocenters. The molecular formula is C23H29N3O2. The van der Waals surface area contributed by atoms with Crippen LogP contribution in [0, 0.1) is 5.92 Å². The van der Waals surface area contributed by atoms with Gasteiger partial charge in [0.2, 0.25) is 5.91 Å². The molecule has 1 heterocycles. The molecule has 2 amide bonds. The van der Waals surface area contributed by atoms with Gasteiger partial charge in [-0.1, -0.05) is 43.7 Å². The van der Waals surface area contributed by atoms with E-state index in [9.17, 15) is 9.59 Å². The maximum atomic E-state index is 13.2. The lowest BCUT2D eigenvalue weighted by Gasteiger charge is -2.32. The SMILES string of the molecule is CCCCNC(=O)C1CCCN(C(=O)c2ccccc2Nc2ccccc2)C1. The molecule has 2 N–H and O–H groups in total. The molecule has 148 valence electrons. The van der Waals surface area contributed by atoms with Gasteiger partial charge in [0.25, 0.3) is 5.91 Å². The summed E-state index contributed by atoms with van der Waals surface area (Å²) in [7, 11) is 0. The topological polar surface area (TPSA) is 61.4 Å². The Bertz CT molecular complexity index is 791. The van der Waals surface area contributed by atoms with E-state index >= 15 is 0 Å². The molecule has 1 atom stereocenters. The van der Waals surface area contributed by atoms with Gasteiger partial charge in [-0.25, -0.2) is 0 Å². The van der Waals surface area contributed by atoms with Crippen LogP contribution in [0.25, 0.3) is 0 Å². The molecule has 3 rings (SSSR count). The molecule has 0 aliphatic carbocycles. The second-order valence-electron chi connectivity index (χ2n) is 7.27. The van der Waals surface area contributed by atoms with Crippen LogP contribution >= 0.6 is 0 Å². The first kappa shape index (κ1) is 19.9. The van der Waals surface area contributed by atoms with Crippen LogP contribution < -0.4 is 10.6 Å². The molecule has 0 saturated carbocycles. The molecule has 1 saturated heterocycles. The Morgan fingerprint density at radius 3 is 2.61 bits per heavy atom. The summed E-state index contributed by atoms with van der Waals surface area (Å²) >= 11 is 0. The molecule has 2 aromatic rings. The largest absolute Gasteiger partial charge is 0.356 e. The summed E-state index contributed by atoms with van der Waals surface area (Å²) in [6.07, 6.45) is 3.73. The quantitative estimate of drug-likeness (QED) is 0.709. The first-order chi connectivity index (χ1) is 13.7. The van der Waals surface area contributed by atoms with E-state index in [0.29, 0.717) is 25.2 Å². The molecule has 0 bridgehead atoms. The fraction of sp³-hybridized carbons (Fsp3) is 0.391. The standard InChI is InChI=1S/C23H29N3O2/c1-2-3-15-24-22(27)18-10-9-16-26(17-18)23(28)20-13-7-8-14-21(20)25-19-11-5-4-6-12-19/h4-8,11-14,18,25H,2-3,9-10,15-17H2,1H3,(H,24,27). The summed E-state index contributed by atoms with van der Waals surface area (Å²) in [5.41, 5.74) is 2.36. The van der Waals surface area contributed by atoms with Gasteiger partial charge >= 0.3 is 0 Å². The molecule has 1 fully saturated rings. The van der Waals surface area contributed by atoms with Crippen molar-refractivity contribution in [3.63, 3.8) is 0 Å². The van der Waals surface area contributed by atoms with Crippen LogP contribution in [0.3, 0.4) is 0 Å². The molecule has 1 aliphatic heterocycles. The minimum Gasteiger partial charge on any atom is -0.356 e. The van der Waals surface area contributed by atoms with Gasteiger partial charge in [0.1, 0.15) is 0 Å².